The van der Waals surface area contributed by atoms with Crippen LogP contribution < -0.4 is 5.73 Å². The second kappa shape index (κ2) is 8.90. The van der Waals surface area contributed by atoms with Gasteiger partial charge in [-0.2, -0.15) is 4.31 Å². The van der Waals surface area contributed by atoms with Crippen LogP contribution in [-0.2, 0) is 21.4 Å². The molecule has 0 atom stereocenters. The van der Waals surface area contributed by atoms with Gasteiger partial charge < -0.3 is 10.6 Å². The smallest absolute Gasteiger partial charge is 0.243 e. The van der Waals surface area contributed by atoms with Gasteiger partial charge in [0.1, 0.15) is 5.84 Å². The first-order chi connectivity index (χ1) is 15.3. The second-order valence-corrected chi connectivity index (χ2v) is 9.99. The molecule has 1 aliphatic rings. The number of hydrogen-bond acceptors (Lipinski definition) is 4. The number of hydrogen-bond donors (Lipinski definition) is 1. The zero-order valence-electron chi connectivity index (χ0n) is 17.5. The summed E-state index contributed by atoms with van der Waals surface area (Å²) in [4.78, 5) is 18.5. The fraction of sp³-hybridized carbons (Fsp3) is 0.217. The van der Waals surface area contributed by atoms with E-state index in [0.717, 1.165) is 21.9 Å². The molecule has 166 valence electrons. The van der Waals surface area contributed by atoms with E-state index in [4.69, 9.17) is 17.3 Å². The van der Waals surface area contributed by atoms with Gasteiger partial charge in [0.05, 0.1) is 11.4 Å². The summed E-state index contributed by atoms with van der Waals surface area (Å²) in [7, 11) is -2.16. The van der Waals surface area contributed by atoms with E-state index in [0.29, 0.717) is 23.9 Å². The SMILES string of the molecule is CN=C(N)c1ccc(CN2CCN(S(=O)(=O)c3ccc4cc(Cl)ccc4c3)CC2=O)cc1. The third-order valence-electron chi connectivity index (χ3n) is 5.56. The van der Waals surface area contributed by atoms with Crippen LogP contribution in [0, 0.1) is 0 Å². The quantitative estimate of drug-likeness (QED) is 0.458. The zero-order valence-corrected chi connectivity index (χ0v) is 19.1. The lowest BCUT2D eigenvalue weighted by Gasteiger charge is -2.33. The van der Waals surface area contributed by atoms with Crippen molar-refractivity contribution in [1.29, 1.82) is 0 Å². The molecule has 3 aromatic rings. The van der Waals surface area contributed by atoms with Gasteiger partial charge in [0.25, 0.3) is 0 Å². The number of nitrogens with two attached hydrogens (primary N) is 1. The molecular formula is C23H23ClN4O3S. The Morgan fingerprint density at radius 2 is 1.72 bits per heavy atom. The number of benzene rings is 3. The van der Waals surface area contributed by atoms with Crippen LogP contribution in [-0.4, -0.2) is 56.0 Å². The van der Waals surface area contributed by atoms with Crippen molar-refractivity contribution in [2.45, 2.75) is 11.4 Å². The Labute approximate surface area is 192 Å². The summed E-state index contributed by atoms with van der Waals surface area (Å²) in [6.07, 6.45) is 0. The van der Waals surface area contributed by atoms with Gasteiger partial charge in [-0.05, 0) is 40.6 Å². The predicted octanol–water partition coefficient (Wildman–Crippen LogP) is 2.86. The van der Waals surface area contributed by atoms with Gasteiger partial charge in [-0.15, -0.1) is 0 Å². The number of amidine groups is 1. The maximum absolute atomic E-state index is 13.1. The van der Waals surface area contributed by atoms with E-state index >= 15 is 0 Å². The number of carbonyl (C=O) groups excluding carboxylic acids is 1. The van der Waals surface area contributed by atoms with Crippen molar-refractivity contribution in [3.8, 4) is 0 Å². The average molecular weight is 471 g/mol. The van der Waals surface area contributed by atoms with Crippen molar-refractivity contribution in [3.05, 3.63) is 76.8 Å². The number of nitrogens with zero attached hydrogens (tertiary/aromatic N) is 3. The topological polar surface area (TPSA) is 96.1 Å². The lowest BCUT2D eigenvalue weighted by atomic mass is 10.1. The molecule has 0 saturated carbocycles. The van der Waals surface area contributed by atoms with E-state index < -0.39 is 10.0 Å². The van der Waals surface area contributed by atoms with Gasteiger partial charge in [-0.3, -0.25) is 9.79 Å². The molecule has 0 spiro atoms. The number of rotatable bonds is 5. The van der Waals surface area contributed by atoms with Crippen LogP contribution in [0.15, 0.2) is 70.6 Å². The van der Waals surface area contributed by atoms with Crippen molar-refractivity contribution >= 4 is 44.1 Å². The molecule has 1 amide bonds. The highest BCUT2D eigenvalue weighted by molar-refractivity contribution is 7.89. The second-order valence-electron chi connectivity index (χ2n) is 7.61. The van der Waals surface area contributed by atoms with Crippen molar-refractivity contribution < 1.29 is 13.2 Å². The van der Waals surface area contributed by atoms with Crippen LogP contribution in [0.25, 0.3) is 10.8 Å². The Hall–Kier alpha value is -2.94. The minimum atomic E-state index is -3.79. The Morgan fingerprint density at radius 1 is 1.03 bits per heavy atom. The van der Waals surface area contributed by atoms with Crippen LogP contribution in [0.2, 0.25) is 5.02 Å². The third kappa shape index (κ3) is 4.48. The molecule has 0 unspecified atom stereocenters. The Balaban J connectivity index is 1.46. The summed E-state index contributed by atoms with van der Waals surface area (Å²) in [5, 5.41) is 2.22. The first kappa shape index (κ1) is 22.3. The summed E-state index contributed by atoms with van der Waals surface area (Å²) in [5.41, 5.74) is 7.57. The highest BCUT2D eigenvalue weighted by Crippen LogP contribution is 2.25. The molecule has 1 fully saturated rings. The van der Waals surface area contributed by atoms with E-state index in [-0.39, 0.29) is 23.9 Å². The number of sulfonamides is 1. The van der Waals surface area contributed by atoms with E-state index in [1.165, 1.54) is 4.31 Å². The standard InChI is InChI=1S/C23H23ClN4O3S/c1-26-23(25)17-4-2-16(3-5-17)14-27-10-11-28(15-22(27)29)32(30,31)21-9-7-18-12-20(24)8-6-19(18)13-21/h2-9,12-13H,10-11,14-15H2,1H3,(H2,25,26). The molecule has 2 N–H and O–H groups in total. The Kier molecular flexibility index (Phi) is 6.19. The van der Waals surface area contributed by atoms with Crippen LogP contribution in [0.4, 0.5) is 0 Å². The molecular weight excluding hydrogens is 448 g/mol. The summed E-state index contributed by atoms with van der Waals surface area (Å²) < 4.78 is 27.5. The molecule has 3 aromatic carbocycles. The molecule has 0 bridgehead atoms. The summed E-state index contributed by atoms with van der Waals surface area (Å²) >= 11 is 6.01. The summed E-state index contributed by atoms with van der Waals surface area (Å²) in [6.45, 7) is 0.781. The first-order valence-electron chi connectivity index (χ1n) is 10.1. The van der Waals surface area contributed by atoms with Gasteiger partial charge >= 0.3 is 0 Å². The first-order valence-corrected chi connectivity index (χ1v) is 11.9. The van der Waals surface area contributed by atoms with Crippen molar-refractivity contribution in [1.82, 2.24) is 9.21 Å². The molecule has 0 radical (unpaired) electrons. The maximum atomic E-state index is 13.1. The molecule has 0 aromatic heterocycles. The lowest BCUT2D eigenvalue weighted by Crippen LogP contribution is -2.51. The zero-order chi connectivity index (χ0) is 22.9. The lowest BCUT2D eigenvalue weighted by molar-refractivity contribution is -0.134. The van der Waals surface area contributed by atoms with E-state index in [9.17, 15) is 13.2 Å². The van der Waals surface area contributed by atoms with Crippen molar-refractivity contribution in [2.75, 3.05) is 26.7 Å². The number of aliphatic imine (C=N–C) groups is 1. The van der Waals surface area contributed by atoms with Crippen LogP contribution >= 0.6 is 11.6 Å². The molecule has 9 heteroatoms. The van der Waals surface area contributed by atoms with Gasteiger partial charge in [-0.25, -0.2) is 8.42 Å². The van der Waals surface area contributed by atoms with E-state index in [2.05, 4.69) is 4.99 Å². The van der Waals surface area contributed by atoms with Crippen LogP contribution in [0.5, 0.6) is 0 Å². The number of amides is 1. The minimum Gasteiger partial charge on any atom is -0.384 e. The summed E-state index contributed by atoms with van der Waals surface area (Å²) in [5.74, 6) is 0.217. The van der Waals surface area contributed by atoms with Gasteiger partial charge in [0.2, 0.25) is 15.9 Å². The highest BCUT2D eigenvalue weighted by Gasteiger charge is 2.32. The normalized spacial score (nSPS) is 16.0. The number of halogens is 1. The fourth-order valence-electron chi connectivity index (χ4n) is 3.69. The number of carbonyl (C=O) groups is 1. The highest BCUT2D eigenvalue weighted by atomic mass is 35.5. The molecule has 32 heavy (non-hydrogen) atoms. The molecule has 1 saturated heterocycles. The summed E-state index contributed by atoms with van der Waals surface area (Å²) in [6, 6.07) is 17.7. The molecule has 0 aliphatic carbocycles. The minimum absolute atomic E-state index is 0.166. The molecule has 7 nitrogen and oxygen atoms in total. The molecule has 4 rings (SSSR count). The largest absolute Gasteiger partial charge is 0.384 e. The average Bonchev–Trinajstić information content (AvgIpc) is 2.79. The fourth-order valence-corrected chi connectivity index (χ4v) is 5.29. The third-order valence-corrected chi connectivity index (χ3v) is 7.64. The Morgan fingerprint density at radius 3 is 2.41 bits per heavy atom. The Bertz CT molecular complexity index is 1310. The molecule has 1 aliphatic heterocycles. The van der Waals surface area contributed by atoms with Crippen LogP contribution in [0.3, 0.4) is 0 Å². The number of piperazine rings is 1. The predicted molar refractivity (Wildman–Crippen MR) is 126 cm³/mol. The monoisotopic (exact) mass is 470 g/mol. The van der Waals surface area contributed by atoms with Gasteiger partial charge in [0.15, 0.2) is 0 Å². The van der Waals surface area contributed by atoms with Crippen molar-refractivity contribution in [3.63, 3.8) is 0 Å². The van der Waals surface area contributed by atoms with E-state index in [1.807, 2.05) is 24.3 Å². The van der Waals surface area contributed by atoms with E-state index in [1.54, 1.807) is 48.3 Å². The van der Waals surface area contributed by atoms with Gasteiger partial charge in [0, 0.05) is 37.3 Å². The van der Waals surface area contributed by atoms with Crippen LogP contribution in [0.1, 0.15) is 11.1 Å². The van der Waals surface area contributed by atoms with Crippen molar-refractivity contribution in [2.24, 2.45) is 10.7 Å². The molecule has 1 heterocycles. The number of fused-ring (bicyclic) bond motifs is 1. The maximum Gasteiger partial charge on any atom is 0.243 e. The van der Waals surface area contributed by atoms with Gasteiger partial charge in [-0.1, -0.05) is 48.0 Å².